The van der Waals surface area contributed by atoms with E-state index in [0.29, 0.717) is 25.1 Å². The number of thiophene rings is 1. The molecule has 3 heterocycles. The van der Waals surface area contributed by atoms with Gasteiger partial charge >= 0.3 is 0 Å². The number of hydrogen-bond acceptors (Lipinski definition) is 6. The molecule has 1 N–H and O–H groups in total. The van der Waals surface area contributed by atoms with Crippen molar-refractivity contribution < 1.29 is 17.7 Å². The molecule has 0 spiro atoms. The zero-order valence-electron chi connectivity index (χ0n) is 18.7. The van der Waals surface area contributed by atoms with Crippen LogP contribution in [0.1, 0.15) is 40.3 Å². The topological polar surface area (TPSA) is 92.5 Å². The minimum Gasteiger partial charge on any atom is -0.355 e. The molecule has 0 bridgehead atoms. The molecular weight excluding hydrogens is 458 g/mol. The number of benzene rings is 1. The molecule has 0 radical (unpaired) electrons. The number of piperidine rings is 1. The average Bonchev–Trinajstić information content (AvgIpc) is 3.47. The average molecular weight is 486 g/mol. The van der Waals surface area contributed by atoms with Gasteiger partial charge in [-0.15, -0.1) is 11.3 Å². The summed E-state index contributed by atoms with van der Waals surface area (Å²) in [6, 6.07) is 11.8. The normalized spacial score (nSPS) is 15.8. The van der Waals surface area contributed by atoms with Crippen molar-refractivity contribution in [2.45, 2.75) is 38.1 Å². The lowest BCUT2D eigenvalue weighted by atomic mass is 9.97. The Labute approximate surface area is 198 Å². The van der Waals surface area contributed by atoms with E-state index in [0.717, 1.165) is 16.0 Å². The lowest BCUT2D eigenvalue weighted by Gasteiger charge is -2.30. The van der Waals surface area contributed by atoms with Gasteiger partial charge in [-0.25, -0.2) is 8.42 Å². The standard InChI is InChI=1S/C24H27N3O4S2/c1-17-5-7-19(8-6-17)9-10-22-23(18(2)26-31-22)33(29,30)27-13-11-20(12-14-27)24(28)25-16-21-4-3-15-32-21/h3-10,15,20H,11-14,16H2,1-2H3,(H,25,28). The van der Waals surface area contributed by atoms with Crippen molar-refractivity contribution in [1.82, 2.24) is 14.8 Å². The van der Waals surface area contributed by atoms with Gasteiger partial charge in [-0.2, -0.15) is 4.31 Å². The second kappa shape index (κ2) is 10.0. The molecule has 0 atom stereocenters. The van der Waals surface area contributed by atoms with E-state index in [4.69, 9.17) is 4.52 Å². The first-order valence-corrected chi connectivity index (χ1v) is 13.2. The SMILES string of the molecule is Cc1ccc(C=Cc2onc(C)c2S(=O)(=O)N2CCC(C(=O)NCc3cccs3)CC2)cc1. The van der Waals surface area contributed by atoms with Gasteiger partial charge in [0.05, 0.1) is 6.54 Å². The summed E-state index contributed by atoms with van der Waals surface area (Å²) in [7, 11) is -3.79. The molecule has 0 unspecified atom stereocenters. The Kier molecular flexibility index (Phi) is 7.11. The maximum absolute atomic E-state index is 13.4. The molecule has 1 saturated heterocycles. The van der Waals surface area contributed by atoms with Crippen LogP contribution in [0.5, 0.6) is 0 Å². The van der Waals surface area contributed by atoms with Gasteiger partial charge in [0.1, 0.15) is 5.69 Å². The molecule has 4 rings (SSSR count). The molecular formula is C24H27N3O4S2. The molecule has 0 saturated carbocycles. The minimum absolute atomic E-state index is 0.0247. The Morgan fingerprint density at radius 1 is 1.18 bits per heavy atom. The van der Waals surface area contributed by atoms with Crippen LogP contribution in [0, 0.1) is 19.8 Å². The summed E-state index contributed by atoms with van der Waals surface area (Å²) in [5.74, 6) is -0.00639. The summed E-state index contributed by atoms with van der Waals surface area (Å²) >= 11 is 1.60. The van der Waals surface area contributed by atoms with Crippen molar-refractivity contribution >= 4 is 39.4 Å². The highest BCUT2D eigenvalue weighted by Gasteiger charge is 2.35. The van der Waals surface area contributed by atoms with Gasteiger partial charge in [0.25, 0.3) is 0 Å². The Bertz CT molecular complexity index is 1220. The third kappa shape index (κ3) is 5.43. The van der Waals surface area contributed by atoms with E-state index in [1.165, 1.54) is 4.31 Å². The second-order valence-corrected chi connectivity index (χ2v) is 11.1. The number of aromatic nitrogens is 1. The summed E-state index contributed by atoms with van der Waals surface area (Å²) in [5, 5.41) is 8.83. The third-order valence-electron chi connectivity index (χ3n) is 5.78. The van der Waals surface area contributed by atoms with Gasteiger partial charge in [0.15, 0.2) is 10.7 Å². The van der Waals surface area contributed by atoms with Gasteiger partial charge in [-0.3, -0.25) is 4.79 Å². The molecule has 2 aromatic heterocycles. The highest BCUT2D eigenvalue weighted by molar-refractivity contribution is 7.89. The van der Waals surface area contributed by atoms with Crippen molar-refractivity contribution in [1.29, 1.82) is 0 Å². The molecule has 33 heavy (non-hydrogen) atoms. The predicted molar refractivity (Wildman–Crippen MR) is 129 cm³/mol. The van der Waals surface area contributed by atoms with E-state index < -0.39 is 10.0 Å². The number of nitrogens with zero attached hydrogens (tertiary/aromatic N) is 2. The lowest BCUT2D eigenvalue weighted by molar-refractivity contribution is -0.126. The molecule has 1 fully saturated rings. The number of carbonyl (C=O) groups excluding carboxylic acids is 1. The predicted octanol–water partition coefficient (Wildman–Crippen LogP) is 4.24. The molecule has 1 amide bonds. The highest BCUT2D eigenvalue weighted by atomic mass is 32.2. The van der Waals surface area contributed by atoms with E-state index in [2.05, 4.69) is 10.5 Å². The summed E-state index contributed by atoms with van der Waals surface area (Å²) < 4.78 is 33.6. The van der Waals surface area contributed by atoms with Crippen LogP contribution < -0.4 is 5.32 Å². The maximum atomic E-state index is 13.4. The van der Waals surface area contributed by atoms with Gasteiger partial charge in [0.2, 0.25) is 15.9 Å². The van der Waals surface area contributed by atoms with Crippen LogP contribution in [0.4, 0.5) is 0 Å². The van der Waals surface area contributed by atoms with Crippen LogP contribution in [0.15, 0.2) is 51.2 Å². The van der Waals surface area contributed by atoms with Crippen molar-refractivity contribution in [3.05, 3.63) is 69.2 Å². The van der Waals surface area contributed by atoms with E-state index >= 15 is 0 Å². The molecule has 1 aliphatic rings. The summed E-state index contributed by atoms with van der Waals surface area (Å²) in [4.78, 5) is 13.7. The number of sulfonamides is 1. The zero-order valence-corrected chi connectivity index (χ0v) is 20.3. The first-order chi connectivity index (χ1) is 15.8. The Hall–Kier alpha value is -2.75. The van der Waals surface area contributed by atoms with Crippen LogP contribution in [0.25, 0.3) is 12.2 Å². The Morgan fingerprint density at radius 2 is 1.91 bits per heavy atom. The van der Waals surface area contributed by atoms with Crippen LogP contribution in [-0.4, -0.2) is 36.9 Å². The second-order valence-electron chi connectivity index (χ2n) is 8.18. The summed E-state index contributed by atoms with van der Waals surface area (Å²) in [5.41, 5.74) is 2.41. The smallest absolute Gasteiger partial charge is 0.248 e. The van der Waals surface area contributed by atoms with E-state index in [9.17, 15) is 13.2 Å². The van der Waals surface area contributed by atoms with Crippen LogP contribution >= 0.6 is 11.3 Å². The minimum atomic E-state index is -3.79. The highest BCUT2D eigenvalue weighted by Crippen LogP contribution is 2.29. The molecule has 3 aromatic rings. The van der Waals surface area contributed by atoms with E-state index in [1.807, 2.05) is 54.8 Å². The molecule has 174 valence electrons. The molecule has 9 heteroatoms. The van der Waals surface area contributed by atoms with Gasteiger partial charge < -0.3 is 9.84 Å². The number of nitrogens with one attached hydrogen (secondary N) is 1. The van der Waals surface area contributed by atoms with Crippen LogP contribution in [-0.2, 0) is 21.4 Å². The van der Waals surface area contributed by atoms with Gasteiger partial charge in [-0.1, -0.05) is 47.1 Å². The quantitative estimate of drug-likeness (QED) is 0.540. The molecule has 1 aliphatic heterocycles. The van der Waals surface area contributed by atoms with Crippen molar-refractivity contribution in [3.8, 4) is 0 Å². The van der Waals surface area contributed by atoms with Gasteiger partial charge in [0, 0.05) is 23.9 Å². The van der Waals surface area contributed by atoms with Crippen LogP contribution in [0.3, 0.4) is 0 Å². The van der Waals surface area contributed by atoms with Crippen molar-refractivity contribution in [2.75, 3.05) is 13.1 Å². The summed E-state index contributed by atoms with van der Waals surface area (Å²) in [6.45, 7) is 4.71. The Balaban J connectivity index is 1.42. The monoisotopic (exact) mass is 485 g/mol. The van der Waals surface area contributed by atoms with Crippen molar-refractivity contribution in [3.63, 3.8) is 0 Å². The molecule has 7 nitrogen and oxygen atoms in total. The largest absolute Gasteiger partial charge is 0.355 e. The van der Waals surface area contributed by atoms with Crippen LogP contribution in [0.2, 0.25) is 0 Å². The number of carbonyl (C=O) groups is 1. The third-order valence-corrected chi connectivity index (χ3v) is 8.71. The van der Waals surface area contributed by atoms with Gasteiger partial charge in [-0.05, 0) is 49.8 Å². The fourth-order valence-corrected chi connectivity index (χ4v) is 6.23. The fourth-order valence-electron chi connectivity index (χ4n) is 3.87. The fraction of sp³-hybridized carbons (Fsp3) is 0.333. The lowest BCUT2D eigenvalue weighted by Crippen LogP contribution is -2.43. The molecule has 0 aliphatic carbocycles. The van der Waals surface area contributed by atoms with E-state index in [1.54, 1.807) is 24.3 Å². The zero-order chi connectivity index (χ0) is 23.4. The first-order valence-electron chi connectivity index (χ1n) is 10.9. The molecule has 1 aromatic carbocycles. The first kappa shape index (κ1) is 23.4. The number of hydrogen-bond donors (Lipinski definition) is 1. The summed E-state index contributed by atoms with van der Waals surface area (Å²) in [6.07, 6.45) is 4.41. The maximum Gasteiger partial charge on any atom is 0.248 e. The number of aryl methyl sites for hydroxylation is 2. The van der Waals surface area contributed by atoms with Crippen molar-refractivity contribution in [2.24, 2.45) is 5.92 Å². The number of amides is 1. The Morgan fingerprint density at radius 3 is 2.58 bits per heavy atom. The number of rotatable bonds is 7. The van der Waals surface area contributed by atoms with E-state index in [-0.39, 0.29) is 35.6 Å².